The number of hydrogen-bond donors (Lipinski definition) is 5. The van der Waals surface area contributed by atoms with E-state index >= 15 is 0 Å². The molecule has 0 unspecified atom stereocenters. The lowest BCUT2D eigenvalue weighted by Crippen LogP contribution is -2.32. The molecule has 0 spiro atoms. The maximum Gasteiger partial charge on any atom is 0.435 e. The number of carboxylic acids is 2. The quantitative estimate of drug-likeness (QED) is 0.232. The van der Waals surface area contributed by atoms with Gasteiger partial charge in [-0.25, -0.2) is 19.6 Å². The van der Waals surface area contributed by atoms with Crippen LogP contribution in [-0.2, 0) is 27.1 Å². The summed E-state index contributed by atoms with van der Waals surface area (Å²) in [5.74, 6) is -2.53. The van der Waals surface area contributed by atoms with Gasteiger partial charge in [-0.05, 0) is 18.2 Å². The van der Waals surface area contributed by atoms with Gasteiger partial charge in [-0.1, -0.05) is 18.2 Å². The number of pyridine rings is 1. The zero-order valence-electron chi connectivity index (χ0n) is 19.0. The standard InChI is InChI=1S/C19H17F3N6O.C4H4O4/c20-19(21,22)17-15-16(11-4-1-2-5-12(11)26-17)28(9-8-25-14(29)10-23)18(27-15)13-6-3-7-24-13;5-3(6)1-2-4(7)8/h1-7,24H,8-10,23H2,(H,25,29);1-2H,(H,5,6)(H,7,8). The minimum atomic E-state index is -4.66. The second kappa shape index (κ2) is 11.3. The Hall–Kier alpha value is -4.72. The number of alkyl halides is 3. The monoisotopic (exact) mass is 518 g/mol. The van der Waals surface area contributed by atoms with Crippen LogP contribution in [0.2, 0.25) is 0 Å². The molecule has 37 heavy (non-hydrogen) atoms. The number of imidazole rings is 1. The molecule has 0 saturated carbocycles. The number of benzene rings is 1. The lowest BCUT2D eigenvalue weighted by atomic mass is 10.1. The van der Waals surface area contributed by atoms with Crippen molar-refractivity contribution in [3.8, 4) is 11.5 Å². The summed E-state index contributed by atoms with van der Waals surface area (Å²) in [4.78, 5) is 41.7. The minimum absolute atomic E-state index is 0.167. The van der Waals surface area contributed by atoms with Gasteiger partial charge >= 0.3 is 18.1 Å². The molecular weight excluding hydrogens is 497 g/mol. The summed E-state index contributed by atoms with van der Waals surface area (Å²) in [5, 5.41) is 18.8. The Bertz CT molecular complexity index is 1450. The molecule has 6 N–H and O–H groups in total. The Labute approximate surface area is 206 Å². The number of aromatic amines is 1. The van der Waals surface area contributed by atoms with E-state index in [1.807, 2.05) is 0 Å². The van der Waals surface area contributed by atoms with E-state index < -0.39 is 23.8 Å². The van der Waals surface area contributed by atoms with Crippen LogP contribution in [0.5, 0.6) is 0 Å². The number of hydrogen-bond acceptors (Lipinski definition) is 6. The molecule has 0 aliphatic heterocycles. The van der Waals surface area contributed by atoms with Crippen LogP contribution in [0.3, 0.4) is 0 Å². The van der Waals surface area contributed by atoms with Gasteiger partial charge in [-0.3, -0.25) is 4.79 Å². The van der Waals surface area contributed by atoms with E-state index in [9.17, 15) is 27.6 Å². The van der Waals surface area contributed by atoms with E-state index in [0.717, 1.165) is 0 Å². The molecule has 0 radical (unpaired) electrons. The van der Waals surface area contributed by atoms with E-state index in [0.29, 0.717) is 34.6 Å². The van der Waals surface area contributed by atoms with Crippen LogP contribution in [0.15, 0.2) is 54.7 Å². The fourth-order valence-corrected chi connectivity index (χ4v) is 3.45. The molecule has 0 saturated heterocycles. The van der Waals surface area contributed by atoms with E-state index in [2.05, 4.69) is 20.3 Å². The third-order valence-electron chi connectivity index (χ3n) is 4.90. The van der Waals surface area contributed by atoms with Crippen molar-refractivity contribution in [2.45, 2.75) is 12.7 Å². The molecule has 11 nitrogen and oxygen atoms in total. The molecular formula is C23H21F3N6O5. The number of fused-ring (bicyclic) bond motifs is 3. The number of amides is 1. The first-order chi connectivity index (χ1) is 17.5. The summed E-state index contributed by atoms with van der Waals surface area (Å²) in [5.41, 5.74) is 5.13. The third kappa shape index (κ3) is 6.49. The highest BCUT2D eigenvalue weighted by Gasteiger charge is 2.37. The first-order valence-corrected chi connectivity index (χ1v) is 10.6. The Morgan fingerprint density at radius 3 is 2.30 bits per heavy atom. The maximum absolute atomic E-state index is 13.7. The Morgan fingerprint density at radius 1 is 1.05 bits per heavy atom. The van der Waals surface area contributed by atoms with Crippen LogP contribution in [0.25, 0.3) is 33.5 Å². The largest absolute Gasteiger partial charge is 0.478 e. The minimum Gasteiger partial charge on any atom is -0.478 e. The molecule has 0 bridgehead atoms. The fraction of sp³-hybridized carbons (Fsp3) is 0.174. The molecule has 3 heterocycles. The van der Waals surface area contributed by atoms with Crippen LogP contribution in [0.4, 0.5) is 13.2 Å². The van der Waals surface area contributed by atoms with Gasteiger partial charge in [-0.2, -0.15) is 13.2 Å². The Balaban J connectivity index is 0.000000414. The highest BCUT2D eigenvalue weighted by atomic mass is 19.4. The number of H-pyrrole nitrogens is 1. The van der Waals surface area contributed by atoms with Crippen LogP contribution >= 0.6 is 0 Å². The number of carbonyl (C=O) groups is 3. The van der Waals surface area contributed by atoms with Crippen LogP contribution < -0.4 is 11.1 Å². The fourth-order valence-electron chi connectivity index (χ4n) is 3.45. The van der Waals surface area contributed by atoms with Gasteiger partial charge in [0.2, 0.25) is 5.91 Å². The number of aromatic nitrogens is 4. The molecule has 1 aromatic carbocycles. The van der Waals surface area contributed by atoms with Crippen molar-refractivity contribution in [3.05, 3.63) is 60.4 Å². The molecule has 14 heteroatoms. The summed E-state index contributed by atoms with van der Waals surface area (Å²) >= 11 is 0. The summed E-state index contributed by atoms with van der Waals surface area (Å²) in [7, 11) is 0. The van der Waals surface area contributed by atoms with Crippen molar-refractivity contribution < 1.29 is 37.8 Å². The van der Waals surface area contributed by atoms with Gasteiger partial charge in [0.15, 0.2) is 11.5 Å². The number of carboxylic acid groups (broad SMARTS) is 2. The van der Waals surface area contributed by atoms with Crippen molar-refractivity contribution in [2.75, 3.05) is 13.1 Å². The van der Waals surface area contributed by atoms with Gasteiger partial charge < -0.3 is 30.8 Å². The van der Waals surface area contributed by atoms with Gasteiger partial charge in [0.1, 0.15) is 5.52 Å². The van der Waals surface area contributed by atoms with Gasteiger partial charge in [-0.15, -0.1) is 0 Å². The molecule has 3 aromatic heterocycles. The predicted molar refractivity (Wildman–Crippen MR) is 126 cm³/mol. The molecule has 4 aromatic rings. The number of nitrogens with zero attached hydrogens (tertiary/aromatic N) is 3. The molecule has 1 amide bonds. The first-order valence-electron chi connectivity index (χ1n) is 10.6. The highest BCUT2D eigenvalue weighted by Crippen LogP contribution is 2.38. The molecule has 0 aliphatic carbocycles. The van der Waals surface area contributed by atoms with Crippen molar-refractivity contribution in [3.63, 3.8) is 0 Å². The average Bonchev–Trinajstić information content (AvgIpc) is 3.50. The van der Waals surface area contributed by atoms with Crippen LogP contribution in [0, 0.1) is 0 Å². The topological polar surface area (TPSA) is 176 Å². The summed E-state index contributed by atoms with van der Waals surface area (Å²) in [6.45, 7) is 0.230. The molecule has 4 rings (SSSR count). The van der Waals surface area contributed by atoms with E-state index in [1.165, 1.54) is 6.07 Å². The van der Waals surface area contributed by atoms with E-state index in [1.54, 1.807) is 41.1 Å². The molecule has 194 valence electrons. The number of nitrogens with one attached hydrogen (secondary N) is 2. The third-order valence-corrected chi connectivity index (χ3v) is 4.90. The smallest absolute Gasteiger partial charge is 0.435 e. The highest BCUT2D eigenvalue weighted by molar-refractivity contribution is 6.04. The molecule has 0 fully saturated rings. The number of aliphatic carboxylic acids is 2. The Kier molecular flexibility index (Phi) is 8.24. The van der Waals surface area contributed by atoms with Crippen LogP contribution in [0.1, 0.15) is 5.69 Å². The van der Waals surface area contributed by atoms with Crippen molar-refractivity contribution >= 4 is 39.8 Å². The summed E-state index contributed by atoms with van der Waals surface area (Å²) in [6.07, 6.45) is -1.89. The average molecular weight is 518 g/mol. The second-order valence-electron chi connectivity index (χ2n) is 7.41. The van der Waals surface area contributed by atoms with E-state index in [-0.39, 0.29) is 36.6 Å². The van der Waals surface area contributed by atoms with Crippen molar-refractivity contribution in [2.24, 2.45) is 5.73 Å². The van der Waals surface area contributed by atoms with Crippen LogP contribution in [-0.4, -0.2) is 60.7 Å². The summed E-state index contributed by atoms with van der Waals surface area (Å²) in [6, 6.07) is 10.1. The van der Waals surface area contributed by atoms with Gasteiger partial charge in [0, 0.05) is 36.8 Å². The van der Waals surface area contributed by atoms with Gasteiger partial charge in [0.25, 0.3) is 0 Å². The number of para-hydroxylation sites is 1. The van der Waals surface area contributed by atoms with E-state index in [4.69, 9.17) is 15.9 Å². The molecule has 0 aliphatic rings. The lowest BCUT2D eigenvalue weighted by Gasteiger charge is -2.12. The van der Waals surface area contributed by atoms with Crippen molar-refractivity contribution in [1.29, 1.82) is 0 Å². The number of carbonyl (C=O) groups excluding carboxylic acids is 1. The normalized spacial score (nSPS) is 11.5. The lowest BCUT2D eigenvalue weighted by molar-refractivity contribution is -0.139. The maximum atomic E-state index is 13.7. The predicted octanol–water partition coefficient (Wildman–Crippen LogP) is 2.39. The number of nitrogens with two attached hydrogens (primary N) is 1. The number of halogens is 3. The Morgan fingerprint density at radius 2 is 1.73 bits per heavy atom. The number of rotatable bonds is 7. The van der Waals surface area contributed by atoms with Crippen molar-refractivity contribution in [1.82, 2.24) is 24.8 Å². The molecule has 0 atom stereocenters. The summed E-state index contributed by atoms with van der Waals surface area (Å²) < 4.78 is 42.9. The first kappa shape index (κ1) is 26.9. The SMILES string of the molecule is NCC(=O)NCCn1c(-c2ccc[nH]2)nc2c(C(F)(F)F)nc3ccccc3c21.O=C(O)C=CC(=O)O. The zero-order chi connectivity index (χ0) is 27.2. The van der Waals surface area contributed by atoms with Gasteiger partial charge in [0.05, 0.1) is 23.3 Å². The zero-order valence-corrected chi connectivity index (χ0v) is 19.0. The second-order valence-corrected chi connectivity index (χ2v) is 7.41.